The number of thioether (sulfide) groups is 1. The van der Waals surface area contributed by atoms with Gasteiger partial charge in [-0.1, -0.05) is 0 Å². The number of nitrogens with zero attached hydrogens (tertiary/aromatic N) is 1. The molecule has 0 bridgehead atoms. The Morgan fingerprint density at radius 2 is 2.36 bits per heavy atom. The minimum Gasteiger partial charge on any atom is -1.00 e. The second kappa shape index (κ2) is 3.56. The smallest absolute Gasteiger partial charge is 0.270 e. The molecule has 1 aromatic rings. The van der Waals surface area contributed by atoms with Gasteiger partial charge in [0.15, 0.2) is 6.20 Å². The van der Waals surface area contributed by atoms with E-state index in [4.69, 9.17) is 0 Å². The van der Waals surface area contributed by atoms with Crippen LogP contribution in [-0.4, -0.2) is 10.9 Å². The van der Waals surface area contributed by atoms with Gasteiger partial charge in [0.05, 0.1) is 5.75 Å². The average Bonchev–Trinajstić information content (AvgIpc) is 2.34. The highest BCUT2D eigenvalue weighted by atomic mass is 79.9. The van der Waals surface area contributed by atoms with Crippen LogP contribution in [0.15, 0.2) is 29.4 Å². The highest BCUT2D eigenvalue weighted by Crippen LogP contribution is 2.22. The van der Waals surface area contributed by atoms with Crippen LogP contribution >= 0.6 is 11.8 Å². The van der Waals surface area contributed by atoms with E-state index in [1.165, 1.54) is 0 Å². The van der Waals surface area contributed by atoms with E-state index in [1.807, 2.05) is 29.0 Å². The Hall–Kier alpha value is -0.0600. The molecule has 0 amide bonds. The monoisotopic (exact) mass is 233 g/mol. The van der Waals surface area contributed by atoms with Crippen molar-refractivity contribution in [3.63, 3.8) is 0 Å². The van der Waals surface area contributed by atoms with Crippen molar-refractivity contribution in [3.8, 4) is 0 Å². The van der Waals surface area contributed by atoms with Crippen molar-refractivity contribution in [2.24, 2.45) is 0 Å². The normalized spacial score (nSPS) is 20.6. The standard InChI is InChI=1S/C7H8NOS.BrH/c9-6-5-10-7-3-1-2-4-8(6)7;/h1-4,6,9H,5H2;1H/q+1;/p-1. The molecule has 1 aromatic heterocycles. The topological polar surface area (TPSA) is 24.1 Å². The van der Waals surface area contributed by atoms with Crippen LogP contribution in [0.1, 0.15) is 6.23 Å². The fourth-order valence-corrected chi connectivity index (χ4v) is 2.04. The Labute approximate surface area is 80.0 Å². The van der Waals surface area contributed by atoms with Gasteiger partial charge in [-0.25, -0.2) is 0 Å². The minimum absolute atomic E-state index is 0. The highest BCUT2D eigenvalue weighted by molar-refractivity contribution is 7.99. The summed E-state index contributed by atoms with van der Waals surface area (Å²) in [6, 6.07) is 5.93. The van der Waals surface area contributed by atoms with Crippen LogP contribution < -0.4 is 21.5 Å². The molecule has 0 fully saturated rings. The van der Waals surface area contributed by atoms with Gasteiger partial charge < -0.3 is 22.1 Å². The summed E-state index contributed by atoms with van der Waals surface area (Å²) >= 11 is 1.69. The lowest BCUT2D eigenvalue weighted by molar-refractivity contribution is -0.780. The first-order chi connectivity index (χ1) is 4.88. The fourth-order valence-electron chi connectivity index (χ4n) is 1.05. The molecule has 1 unspecified atom stereocenters. The van der Waals surface area contributed by atoms with Crippen LogP contribution in [0, 0.1) is 0 Å². The lowest BCUT2D eigenvalue weighted by atomic mass is 10.5. The second-order valence-corrected chi connectivity index (χ2v) is 3.28. The number of aromatic nitrogens is 1. The molecule has 4 heteroatoms. The molecule has 0 saturated heterocycles. The molecule has 0 radical (unpaired) electrons. The van der Waals surface area contributed by atoms with E-state index in [1.54, 1.807) is 11.8 Å². The molecule has 0 aliphatic carbocycles. The van der Waals surface area contributed by atoms with Crippen LogP contribution in [0.5, 0.6) is 0 Å². The molecule has 1 atom stereocenters. The molecule has 2 nitrogen and oxygen atoms in total. The molecule has 0 spiro atoms. The molecular weight excluding hydrogens is 226 g/mol. The zero-order valence-corrected chi connectivity index (χ0v) is 8.18. The molecule has 0 aromatic carbocycles. The predicted molar refractivity (Wildman–Crippen MR) is 38.6 cm³/mol. The molecule has 2 rings (SSSR count). The summed E-state index contributed by atoms with van der Waals surface area (Å²) in [7, 11) is 0. The lowest BCUT2D eigenvalue weighted by Gasteiger charge is -1.93. The first-order valence-electron chi connectivity index (χ1n) is 3.19. The summed E-state index contributed by atoms with van der Waals surface area (Å²) < 4.78 is 1.88. The van der Waals surface area contributed by atoms with Gasteiger partial charge in [0, 0.05) is 12.1 Å². The molecular formula is C7H8BrNOS. The van der Waals surface area contributed by atoms with Gasteiger partial charge in [-0.3, -0.25) is 0 Å². The predicted octanol–water partition coefficient (Wildman–Crippen LogP) is -2.43. The van der Waals surface area contributed by atoms with Gasteiger partial charge in [0.2, 0.25) is 5.03 Å². The molecule has 1 aliphatic rings. The van der Waals surface area contributed by atoms with Gasteiger partial charge in [-0.05, 0) is 17.8 Å². The van der Waals surface area contributed by atoms with Crippen molar-refractivity contribution in [2.45, 2.75) is 11.3 Å². The summed E-state index contributed by atoms with van der Waals surface area (Å²) in [6.07, 6.45) is 1.58. The lowest BCUT2D eigenvalue weighted by Crippen LogP contribution is -3.00. The Kier molecular flexibility index (Phi) is 2.92. The number of rotatable bonds is 0. The zero-order chi connectivity index (χ0) is 6.97. The van der Waals surface area contributed by atoms with E-state index in [9.17, 15) is 5.11 Å². The Balaban J connectivity index is 0.000000605. The molecule has 11 heavy (non-hydrogen) atoms. The fraction of sp³-hybridized carbons (Fsp3) is 0.286. The summed E-state index contributed by atoms with van der Waals surface area (Å²) in [5, 5.41) is 10.5. The van der Waals surface area contributed by atoms with Gasteiger partial charge in [0.1, 0.15) is 0 Å². The summed E-state index contributed by atoms with van der Waals surface area (Å²) in [4.78, 5) is 0. The van der Waals surface area contributed by atoms with Crippen LogP contribution in [0.2, 0.25) is 0 Å². The Morgan fingerprint density at radius 1 is 1.55 bits per heavy atom. The van der Waals surface area contributed by atoms with Crippen LogP contribution in [0.4, 0.5) is 0 Å². The van der Waals surface area contributed by atoms with Crippen molar-refractivity contribution >= 4 is 11.8 Å². The maximum Gasteiger partial charge on any atom is 0.270 e. The van der Waals surface area contributed by atoms with E-state index < -0.39 is 0 Å². The molecule has 0 saturated carbocycles. The van der Waals surface area contributed by atoms with Crippen LogP contribution in [0.3, 0.4) is 0 Å². The number of halogens is 1. The number of aliphatic hydroxyl groups excluding tert-OH is 1. The number of hydrogen-bond acceptors (Lipinski definition) is 2. The molecule has 60 valence electrons. The van der Waals surface area contributed by atoms with E-state index >= 15 is 0 Å². The number of fused-ring (bicyclic) bond motifs is 1. The molecule has 1 aliphatic heterocycles. The molecule has 2 heterocycles. The first kappa shape index (κ1) is 9.03. The van der Waals surface area contributed by atoms with Crippen molar-refractivity contribution in [3.05, 3.63) is 24.4 Å². The van der Waals surface area contributed by atoms with Crippen molar-refractivity contribution in [1.82, 2.24) is 0 Å². The second-order valence-electron chi connectivity index (χ2n) is 2.24. The Bertz CT molecular complexity index is 256. The Morgan fingerprint density at radius 3 is 3.09 bits per heavy atom. The molecule has 1 N–H and O–H groups in total. The van der Waals surface area contributed by atoms with Crippen molar-refractivity contribution in [2.75, 3.05) is 5.75 Å². The summed E-state index contributed by atoms with van der Waals surface area (Å²) in [5.41, 5.74) is 0. The number of pyridine rings is 1. The SMILES string of the molecule is OC1CSc2cccc[n+]21.[Br-]. The zero-order valence-electron chi connectivity index (χ0n) is 5.77. The van der Waals surface area contributed by atoms with Gasteiger partial charge in [-0.2, -0.15) is 4.57 Å². The third-order valence-corrected chi connectivity index (χ3v) is 2.66. The van der Waals surface area contributed by atoms with E-state index in [0.717, 1.165) is 10.8 Å². The summed E-state index contributed by atoms with van der Waals surface area (Å²) in [6.45, 7) is 0. The number of aliphatic hydroxyl groups is 1. The summed E-state index contributed by atoms with van der Waals surface area (Å²) in [5.74, 6) is 0.782. The third kappa shape index (κ3) is 1.58. The third-order valence-electron chi connectivity index (χ3n) is 1.55. The van der Waals surface area contributed by atoms with E-state index in [0.29, 0.717) is 0 Å². The van der Waals surface area contributed by atoms with Crippen molar-refractivity contribution < 1.29 is 26.7 Å². The minimum atomic E-state index is -0.318. The first-order valence-corrected chi connectivity index (χ1v) is 4.17. The average molecular weight is 234 g/mol. The van der Waals surface area contributed by atoms with E-state index in [2.05, 4.69) is 0 Å². The van der Waals surface area contributed by atoms with Gasteiger partial charge in [0.25, 0.3) is 6.23 Å². The van der Waals surface area contributed by atoms with E-state index in [-0.39, 0.29) is 23.2 Å². The maximum atomic E-state index is 9.32. The number of hydrogen-bond donors (Lipinski definition) is 1. The van der Waals surface area contributed by atoms with Crippen molar-refractivity contribution in [1.29, 1.82) is 0 Å². The largest absolute Gasteiger partial charge is 1.00 e. The van der Waals surface area contributed by atoms with Gasteiger partial charge >= 0.3 is 0 Å². The van der Waals surface area contributed by atoms with Crippen LogP contribution in [-0.2, 0) is 0 Å². The van der Waals surface area contributed by atoms with Gasteiger partial charge in [-0.15, -0.1) is 0 Å². The van der Waals surface area contributed by atoms with Crippen LogP contribution in [0.25, 0.3) is 0 Å². The maximum absolute atomic E-state index is 9.32. The quantitative estimate of drug-likeness (QED) is 0.505. The highest BCUT2D eigenvalue weighted by Gasteiger charge is 2.27.